The Kier molecular flexibility index (Phi) is 4.16. The van der Waals surface area contributed by atoms with E-state index in [1.807, 2.05) is 18.2 Å². The molecule has 3 heterocycles. The Morgan fingerprint density at radius 2 is 2.24 bits per heavy atom. The summed E-state index contributed by atoms with van der Waals surface area (Å²) >= 11 is 6.04. The number of ether oxygens (including phenoxy) is 1. The number of halogens is 1. The number of hydrogen-bond donors (Lipinski definition) is 2. The molecule has 0 amide bonds. The van der Waals surface area contributed by atoms with Gasteiger partial charge in [0.1, 0.15) is 16.8 Å². The number of pyridine rings is 2. The van der Waals surface area contributed by atoms with E-state index < -0.39 is 0 Å². The Bertz CT molecular complexity index is 1260. The fourth-order valence-corrected chi connectivity index (χ4v) is 4.88. The molecule has 2 aliphatic rings. The smallest absolute Gasteiger partial charge is 0.295 e. The van der Waals surface area contributed by atoms with Crippen molar-refractivity contribution in [1.82, 2.24) is 9.55 Å². The van der Waals surface area contributed by atoms with Gasteiger partial charge in [0.25, 0.3) is 5.56 Å². The third kappa shape index (κ3) is 3.00. The zero-order valence-electron chi connectivity index (χ0n) is 15.5. The quantitative estimate of drug-likeness (QED) is 0.473. The van der Waals surface area contributed by atoms with E-state index in [0.717, 1.165) is 35.1 Å². The van der Waals surface area contributed by atoms with Crippen LogP contribution >= 0.6 is 20.3 Å². The van der Waals surface area contributed by atoms with E-state index in [1.54, 1.807) is 23.9 Å². The van der Waals surface area contributed by atoms with Crippen LogP contribution < -0.4 is 20.7 Å². The summed E-state index contributed by atoms with van der Waals surface area (Å²) in [7, 11) is 2.26. The average molecular weight is 426 g/mol. The molecular formula is C20H17ClN5O2P. The van der Waals surface area contributed by atoms with E-state index in [9.17, 15) is 10.1 Å². The Morgan fingerprint density at radius 3 is 3.00 bits per heavy atom. The Labute approximate surface area is 173 Å². The van der Waals surface area contributed by atoms with Crippen LogP contribution in [0.5, 0.6) is 5.75 Å². The number of rotatable bonds is 2. The summed E-state index contributed by atoms with van der Waals surface area (Å²) in [6, 6.07) is 9.49. The second-order valence-electron chi connectivity index (χ2n) is 7.38. The van der Waals surface area contributed by atoms with Crippen molar-refractivity contribution < 1.29 is 4.74 Å². The van der Waals surface area contributed by atoms with E-state index in [0.29, 0.717) is 26.8 Å². The van der Waals surface area contributed by atoms with Gasteiger partial charge in [-0.25, -0.2) is 4.98 Å². The molecule has 2 aromatic heterocycles. The summed E-state index contributed by atoms with van der Waals surface area (Å²) in [5.41, 5.74) is 3.03. The maximum atomic E-state index is 12.8. The zero-order chi connectivity index (χ0) is 20.2. The van der Waals surface area contributed by atoms with Gasteiger partial charge in [0.05, 0.1) is 23.5 Å². The van der Waals surface area contributed by atoms with Crippen molar-refractivity contribution in [2.75, 3.05) is 17.0 Å². The van der Waals surface area contributed by atoms with E-state index in [4.69, 9.17) is 16.3 Å². The van der Waals surface area contributed by atoms with Crippen LogP contribution in [0.1, 0.15) is 18.4 Å². The number of nitrogens with one attached hydrogen (secondary N) is 2. The molecule has 5 rings (SSSR count). The van der Waals surface area contributed by atoms with Crippen molar-refractivity contribution in [3.63, 3.8) is 0 Å². The first-order valence-electron chi connectivity index (χ1n) is 9.16. The van der Waals surface area contributed by atoms with Crippen LogP contribution in [0.4, 0.5) is 17.1 Å². The van der Waals surface area contributed by atoms with Crippen molar-refractivity contribution in [2.45, 2.75) is 18.0 Å². The minimum Gasteiger partial charge on any atom is -0.485 e. The molecule has 7 nitrogen and oxygen atoms in total. The second kappa shape index (κ2) is 6.62. The van der Waals surface area contributed by atoms with Gasteiger partial charge in [-0.15, -0.1) is 0 Å². The van der Waals surface area contributed by atoms with Gasteiger partial charge in [-0.3, -0.25) is 4.79 Å². The summed E-state index contributed by atoms with van der Waals surface area (Å²) in [5, 5.41) is 17.3. The number of benzene rings is 1. The molecule has 1 aliphatic heterocycles. The molecule has 1 saturated carbocycles. The predicted molar refractivity (Wildman–Crippen MR) is 116 cm³/mol. The molecule has 2 N–H and O–H groups in total. The topological polar surface area (TPSA) is 92.0 Å². The number of nitriles is 1. The zero-order valence-corrected chi connectivity index (χ0v) is 17.3. The van der Waals surface area contributed by atoms with Gasteiger partial charge in [0.15, 0.2) is 0 Å². The average Bonchev–Trinajstić information content (AvgIpc) is 3.52. The third-order valence-electron chi connectivity index (χ3n) is 5.45. The van der Waals surface area contributed by atoms with Gasteiger partial charge in [-0.05, 0) is 45.8 Å². The van der Waals surface area contributed by atoms with Gasteiger partial charge in [0, 0.05) is 29.5 Å². The lowest BCUT2D eigenvalue weighted by molar-refractivity contribution is 0.309. The molecule has 1 atom stereocenters. The first kappa shape index (κ1) is 18.2. The number of aromatic nitrogens is 2. The highest BCUT2D eigenvalue weighted by molar-refractivity contribution is 7.42. The van der Waals surface area contributed by atoms with Gasteiger partial charge in [-0.2, -0.15) is 5.26 Å². The highest BCUT2D eigenvalue weighted by Crippen LogP contribution is 2.55. The summed E-state index contributed by atoms with van der Waals surface area (Å²) in [6.07, 6.45) is 3.79. The van der Waals surface area contributed by atoms with Crippen LogP contribution in [-0.4, -0.2) is 21.3 Å². The minimum atomic E-state index is -0.143. The largest absolute Gasteiger partial charge is 0.485 e. The normalized spacial score (nSPS) is 17.1. The molecule has 29 heavy (non-hydrogen) atoms. The maximum Gasteiger partial charge on any atom is 0.295 e. The van der Waals surface area contributed by atoms with Crippen LogP contribution in [-0.2, 0) is 7.05 Å². The van der Waals surface area contributed by atoms with E-state index in [-0.39, 0.29) is 21.4 Å². The number of aryl methyl sites for hydroxylation is 1. The summed E-state index contributed by atoms with van der Waals surface area (Å²) in [4.78, 5) is 16.8. The van der Waals surface area contributed by atoms with Crippen LogP contribution in [0.3, 0.4) is 0 Å². The molecule has 3 aromatic rings. The Morgan fingerprint density at radius 1 is 1.41 bits per heavy atom. The Balaban J connectivity index is 1.63. The fraction of sp³-hybridized carbons (Fsp3) is 0.250. The number of nitrogens with zero attached hydrogens (tertiary/aromatic N) is 3. The molecule has 1 aromatic carbocycles. The molecule has 9 heteroatoms. The van der Waals surface area contributed by atoms with Crippen LogP contribution in [0, 0.1) is 11.3 Å². The molecule has 0 radical (unpaired) electrons. The van der Waals surface area contributed by atoms with Crippen molar-refractivity contribution in [1.29, 1.82) is 5.26 Å². The highest BCUT2D eigenvalue weighted by Gasteiger charge is 2.45. The van der Waals surface area contributed by atoms with Crippen LogP contribution in [0.15, 0.2) is 35.3 Å². The SMILES string of the molecule is Cn1c(=O)c2c(c3cc(Nc4ccnc(Cl)c4C#N)ccc31)NPC1(CC1)CO2. The predicted octanol–water partition coefficient (Wildman–Crippen LogP) is 4.13. The first-order chi connectivity index (χ1) is 14.0. The summed E-state index contributed by atoms with van der Waals surface area (Å²) < 4.78 is 7.59. The summed E-state index contributed by atoms with van der Waals surface area (Å²) in [5.74, 6) is 0.373. The lowest BCUT2D eigenvalue weighted by Crippen LogP contribution is -2.22. The van der Waals surface area contributed by atoms with Crippen LogP contribution in [0.25, 0.3) is 10.9 Å². The van der Waals surface area contributed by atoms with Gasteiger partial charge in [-0.1, -0.05) is 11.6 Å². The lowest BCUT2D eigenvalue weighted by atomic mass is 10.1. The number of hydrogen-bond acceptors (Lipinski definition) is 6. The van der Waals surface area contributed by atoms with Crippen LogP contribution in [0.2, 0.25) is 5.15 Å². The monoisotopic (exact) mass is 425 g/mol. The van der Waals surface area contributed by atoms with Crippen molar-refractivity contribution >= 4 is 48.3 Å². The molecule has 1 spiro atoms. The fourth-order valence-electron chi connectivity index (χ4n) is 3.52. The molecule has 1 fully saturated rings. The first-order valence-corrected chi connectivity index (χ1v) is 10.5. The minimum absolute atomic E-state index is 0.143. The van der Waals surface area contributed by atoms with Crippen molar-refractivity contribution in [2.24, 2.45) is 7.05 Å². The van der Waals surface area contributed by atoms with E-state index in [1.165, 1.54) is 0 Å². The molecular weight excluding hydrogens is 409 g/mol. The van der Waals surface area contributed by atoms with E-state index in [2.05, 4.69) is 21.5 Å². The van der Waals surface area contributed by atoms with E-state index >= 15 is 0 Å². The third-order valence-corrected chi connectivity index (χ3v) is 7.28. The van der Waals surface area contributed by atoms with Gasteiger partial charge < -0.3 is 19.7 Å². The van der Waals surface area contributed by atoms with Crippen molar-refractivity contribution in [3.05, 3.63) is 51.5 Å². The van der Waals surface area contributed by atoms with Gasteiger partial charge >= 0.3 is 0 Å². The molecule has 0 saturated heterocycles. The Hall–Kier alpha value is -2.81. The molecule has 1 aliphatic carbocycles. The lowest BCUT2D eigenvalue weighted by Gasteiger charge is -2.16. The maximum absolute atomic E-state index is 12.8. The molecule has 0 bridgehead atoms. The standard InChI is InChI=1S/C20H17ClN5O2P/c1-26-15-3-2-11(24-14-4-7-23-18(21)13(14)9-22)8-12(15)16-17(19(26)27)28-10-20(5-6-20)29-25-16/h2-4,7-8,25,29H,5-6,10H2,1H3,(H,23,24). The van der Waals surface area contributed by atoms with Crippen molar-refractivity contribution in [3.8, 4) is 11.8 Å². The molecule has 1 unspecified atom stereocenters. The number of fused-ring (bicyclic) bond motifs is 3. The second-order valence-corrected chi connectivity index (χ2v) is 9.30. The highest BCUT2D eigenvalue weighted by atomic mass is 35.5. The molecule has 146 valence electrons. The van der Waals surface area contributed by atoms with Gasteiger partial charge in [0.2, 0.25) is 5.75 Å². The summed E-state index contributed by atoms with van der Waals surface area (Å²) in [6.45, 7) is 0.575. The number of anilines is 3.